The molecule has 0 saturated carbocycles. The Labute approximate surface area is 173 Å². The van der Waals surface area contributed by atoms with Gasteiger partial charge in [-0.2, -0.15) is 0 Å². The molecule has 1 heterocycles. The van der Waals surface area contributed by atoms with Gasteiger partial charge < -0.3 is 19.9 Å². The Balaban J connectivity index is 1.67. The Hall–Kier alpha value is -4.13. The van der Waals surface area contributed by atoms with Crippen LogP contribution in [0.2, 0.25) is 0 Å². The Morgan fingerprint density at radius 2 is 1.87 bits per heavy atom. The number of benzene rings is 2. The molecule has 0 bridgehead atoms. The molecular weight excluding hydrogens is 384 g/mol. The van der Waals surface area contributed by atoms with E-state index in [2.05, 4.69) is 10.3 Å². The molecule has 0 fully saturated rings. The highest BCUT2D eigenvalue weighted by Crippen LogP contribution is 2.29. The number of methoxy groups -OCH3 is 1. The van der Waals surface area contributed by atoms with Gasteiger partial charge in [0.25, 0.3) is 0 Å². The second kappa shape index (κ2) is 9.88. The van der Waals surface area contributed by atoms with Crippen molar-refractivity contribution >= 4 is 23.6 Å². The molecule has 3 rings (SSSR count). The molecule has 0 atom stereocenters. The first-order chi connectivity index (χ1) is 14.6. The van der Waals surface area contributed by atoms with Crippen LogP contribution < -0.4 is 14.8 Å². The predicted molar refractivity (Wildman–Crippen MR) is 113 cm³/mol. The molecule has 0 aliphatic carbocycles. The van der Waals surface area contributed by atoms with E-state index in [1.54, 1.807) is 42.6 Å². The van der Waals surface area contributed by atoms with Crippen LogP contribution in [0.15, 0.2) is 72.9 Å². The molecule has 1 amide bonds. The SMILES string of the molecule is COc1cc(/C=C/C(=O)Nc2ccccc2C(=O)O)ccc1OCc1ccccn1. The first-order valence-electron chi connectivity index (χ1n) is 9.09. The first-order valence-corrected chi connectivity index (χ1v) is 9.09. The molecule has 1 aromatic heterocycles. The van der Waals surface area contributed by atoms with Crippen LogP contribution in [0, 0.1) is 0 Å². The van der Waals surface area contributed by atoms with Crippen LogP contribution in [-0.2, 0) is 11.4 Å². The monoisotopic (exact) mass is 404 g/mol. The zero-order chi connectivity index (χ0) is 21.3. The lowest BCUT2D eigenvalue weighted by molar-refractivity contribution is -0.111. The number of hydrogen-bond acceptors (Lipinski definition) is 5. The van der Waals surface area contributed by atoms with Crippen molar-refractivity contribution in [3.05, 3.63) is 89.8 Å². The molecule has 7 heteroatoms. The molecule has 0 unspecified atom stereocenters. The van der Waals surface area contributed by atoms with E-state index in [9.17, 15) is 14.7 Å². The average molecular weight is 404 g/mol. The zero-order valence-electron chi connectivity index (χ0n) is 16.2. The largest absolute Gasteiger partial charge is 0.493 e. The number of carboxylic acid groups (broad SMARTS) is 1. The van der Waals surface area contributed by atoms with Gasteiger partial charge in [-0.25, -0.2) is 4.79 Å². The summed E-state index contributed by atoms with van der Waals surface area (Å²) < 4.78 is 11.1. The zero-order valence-corrected chi connectivity index (χ0v) is 16.2. The van der Waals surface area contributed by atoms with E-state index in [0.29, 0.717) is 18.1 Å². The Kier molecular flexibility index (Phi) is 6.78. The molecule has 152 valence electrons. The minimum Gasteiger partial charge on any atom is -0.493 e. The molecule has 0 spiro atoms. The number of para-hydroxylation sites is 1. The van der Waals surface area contributed by atoms with Crippen molar-refractivity contribution < 1.29 is 24.2 Å². The summed E-state index contributed by atoms with van der Waals surface area (Å²) in [6, 6.07) is 17.1. The normalized spacial score (nSPS) is 10.6. The third-order valence-electron chi connectivity index (χ3n) is 4.13. The number of rotatable bonds is 8. The summed E-state index contributed by atoms with van der Waals surface area (Å²) >= 11 is 0. The van der Waals surface area contributed by atoms with E-state index in [1.165, 1.54) is 25.3 Å². The average Bonchev–Trinajstić information content (AvgIpc) is 2.77. The van der Waals surface area contributed by atoms with E-state index < -0.39 is 11.9 Å². The second-order valence-electron chi connectivity index (χ2n) is 6.19. The van der Waals surface area contributed by atoms with Gasteiger partial charge in [0.2, 0.25) is 5.91 Å². The highest BCUT2D eigenvalue weighted by atomic mass is 16.5. The molecular formula is C23H20N2O5. The Bertz CT molecular complexity index is 1060. The van der Waals surface area contributed by atoms with Crippen molar-refractivity contribution in [2.45, 2.75) is 6.61 Å². The number of ether oxygens (including phenoxy) is 2. The molecule has 3 aromatic rings. The lowest BCUT2D eigenvalue weighted by Crippen LogP contribution is -2.11. The minimum absolute atomic E-state index is 0.0235. The highest BCUT2D eigenvalue weighted by Gasteiger charge is 2.10. The van der Waals surface area contributed by atoms with Gasteiger partial charge in [-0.3, -0.25) is 9.78 Å². The van der Waals surface area contributed by atoms with Gasteiger partial charge in [-0.1, -0.05) is 24.3 Å². The van der Waals surface area contributed by atoms with Gasteiger partial charge >= 0.3 is 5.97 Å². The van der Waals surface area contributed by atoms with Gasteiger partial charge in [0.05, 0.1) is 24.1 Å². The number of aromatic carboxylic acids is 1. The number of pyridine rings is 1. The van der Waals surface area contributed by atoms with Gasteiger partial charge in [0.1, 0.15) is 6.61 Å². The minimum atomic E-state index is -1.11. The van der Waals surface area contributed by atoms with Crippen molar-refractivity contribution in [2.24, 2.45) is 0 Å². The molecule has 0 saturated heterocycles. The lowest BCUT2D eigenvalue weighted by atomic mass is 10.1. The van der Waals surface area contributed by atoms with Gasteiger partial charge in [-0.05, 0) is 48.0 Å². The molecule has 7 nitrogen and oxygen atoms in total. The third-order valence-corrected chi connectivity index (χ3v) is 4.13. The van der Waals surface area contributed by atoms with Gasteiger partial charge in [-0.15, -0.1) is 0 Å². The highest BCUT2D eigenvalue weighted by molar-refractivity contribution is 6.06. The van der Waals surface area contributed by atoms with E-state index in [0.717, 1.165) is 11.3 Å². The predicted octanol–water partition coefficient (Wildman–Crippen LogP) is 4.02. The van der Waals surface area contributed by atoms with Crippen LogP contribution in [0.3, 0.4) is 0 Å². The maximum Gasteiger partial charge on any atom is 0.337 e. The van der Waals surface area contributed by atoms with Crippen LogP contribution >= 0.6 is 0 Å². The number of carbonyl (C=O) groups is 2. The smallest absolute Gasteiger partial charge is 0.337 e. The lowest BCUT2D eigenvalue weighted by Gasteiger charge is -2.11. The molecule has 0 aliphatic heterocycles. The summed E-state index contributed by atoms with van der Waals surface area (Å²) in [5.41, 5.74) is 1.77. The van der Waals surface area contributed by atoms with Crippen molar-refractivity contribution in [2.75, 3.05) is 12.4 Å². The molecule has 30 heavy (non-hydrogen) atoms. The summed E-state index contributed by atoms with van der Waals surface area (Å²) in [6.07, 6.45) is 4.62. The number of carboxylic acids is 1. The standard InChI is InChI=1S/C23H20N2O5/c1-29-21-14-16(9-11-20(21)30-15-17-6-4-5-13-24-17)10-12-22(26)25-19-8-3-2-7-18(19)23(27)28/h2-14H,15H2,1H3,(H,25,26)(H,27,28)/b12-10+. The first kappa shape index (κ1) is 20.6. The fourth-order valence-electron chi connectivity index (χ4n) is 2.67. The van der Waals surface area contributed by atoms with E-state index in [-0.39, 0.29) is 11.3 Å². The Morgan fingerprint density at radius 1 is 1.07 bits per heavy atom. The van der Waals surface area contributed by atoms with Gasteiger partial charge in [0, 0.05) is 12.3 Å². The topological polar surface area (TPSA) is 97.8 Å². The number of nitrogens with one attached hydrogen (secondary N) is 1. The number of hydrogen-bond donors (Lipinski definition) is 2. The Morgan fingerprint density at radius 3 is 2.60 bits per heavy atom. The molecule has 2 aromatic carbocycles. The summed E-state index contributed by atoms with van der Waals surface area (Å²) in [7, 11) is 1.53. The number of carbonyl (C=O) groups excluding carboxylic acids is 1. The molecule has 2 N–H and O–H groups in total. The maximum atomic E-state index is 12.2. The number of amides is 1. The summed E-state index contributed by atoms with van der Waals surface area (Å²) in [6.45, 7) is 0.303. The van der Waals surface area contributed by atoms with Crippen LogP contribution in [0.1, 0.15) is 21.6 Å². The maximum absolute atomic E-state index is 12.2. The van der Waals surface area contributed by atoms with Crippen molar-refractivity contribution in [1.29, 1.82) is 0 Å². The second-order valence-corrected chi connectivity index (χ2v) is 6.19. The van der Waals surface area contributed by atoms with E-state index in [4.69, 9.17) is 9.47 Å². The molecule has 0 aliphatic rings. The van der Waals surface area contributed by atoms with Crippen LogP contribution in [0.25, 0.3) is 6.08 Å². The van der Waals surface area contributed by atoms with Crippen LogP contribution in [0.4, 0.5) is 5.69 Å². The van der Waals surface area contributed by atoms with E-state index >= 15 is 0 Å². The fraction of sp³-hybridized carbons (Fsp3) is 0.0870. The van der Waals surface area contributed by atoms with Crippen LogP contribution in [-0.4, -0.2) is 29.1 Å². The fourth-order valence-corrected chi connectivity index (χ4v) is 2.67. The summed E-state index contributed by atoms with van der Waals surface area (Å²) in [4.78, 5) is 27.6. The van der Waals surface area contributed by atoms with Gasteiger partial charge in [0.15, 0.2) is 11.5 Å². The van der Waals surface area contributed by atoms with Crippen LogP contribution in [0.5, 0.6) is 11.5 Å². The molecule has 0 radical (unpaired) electrons. The summed E-state index contributed by atoms with van der Waals surface area (Å²) in [5, 5.41) is 11.8. The number of anilines is 1. The third kappa shape index (κ3) is 5.45. The summed E-state index contributed by atoms with van der Waals surface area (Å²) in [5.74, 6) is -0.482. The quantitative estimate of drug-likeness (QED) is 0.551. The van der Waals surface area contributed by atoms with Crippen molar-refractivity contribution in [3.63, 3.8) is 0 Å². The van der Waals surface area contributed by atoms with Crippen molar-refractivity contribution in [3.8, 4) is 11.5 Å². The number of aromatic nitrogens is 1. The number of nitrogens with zero attached hydrogens (tertiary/aromatic N) is 1. The van der Waals surface area contributed by atoms with Crippen molar-refractivity contribution in [1.82, 2.24) is 4.98 Å². The van der Waals surface area contributed by atoms with E-state index in [1.807, 2.05) is 18.2 Å².